The number of carbonyl (C=O) groups is 1. The summed E-state index contributed by atoms with van der Waals surface area (Å²) in [4.78, 5) is 24.2. The molecule has 2 N–H and O–H groups in total. The van der Waals surface area contributed by atoms with Crippen LogP contribution in [0.25, 0.3) is 0 Å². The lowest BCUT2D eigenvalue weighted by Gasteiger charge is -2.28. The predicted molar refractivity (Wildman–Crippen MR) is 75.1 cm³/mol. The van der Waals surface area contributed by atoms with Gasteiger partial charge in [-0.25, -0.2) is 0 Å². The number of benzene rings is 1. The summed E-state index contributed by atoms with van der Waals surface area (Å²) < 4.78 is 0. The summed E-state index contributed by atoms with van der Waals surface area (Å²) in [6, 6.07) is 3.90. The van der Waals surface area contributed by atoms with E-state index < -0.39 is 22.3 Å². The second-order valence-electron chi connectivity index (χ2n) is 5.09. The molecule has 0 bridgehead atoms. The molecule has 0 spiro atoms. The van der Waals surface area contributed by atoms with Gasteiger partial charge in [0.25, 0.3) is 5.91 Å². The number of para-hydroxylation sites is 1. The third-order valence-corrected chi connectivity index (χ3v) is 3.81. The quantitative estimate of drug-likeness (QED) is 0.635. The first kappa shape index (κ1) is 15.2. The van der Waals surface area contributed by atoms with Gasteiger partial charge in [-0.3, -0.25) is 14.9 Å². The zero-order valence-electron chi connectivity index (χ0n) is 11.6. The predicted octanol–water partition coefficient (Wildman–Crippen LogP) is 1.68. The number of aliphatic hydroxyl groups excluding tert-OH is 1. The number of carbonyl (C=O) groups excluding carboxylic acids is 1. The van der Waals surface area contributed by atoms with Crippen molar-refractivity contribution >= 4 is 11.6 Å². The van der Waals surface area contributed by atoms with Crippen LogP contribution in [0.3, 0.4) is 0 Å². The van der Waals surface area contributed by atoms with Crippen LogP contribution in [0, 0.1) is 10.1 Å². The van der Waals surface area contributed by atoms with Crippen molar-refractivity contribution in [1.29, 1.82) is 0 Å². The maximum atomic E-state index is 12.5. The molecule has 2 rings (SSSR count). The number of amides is 1. The monoisotopic (exact) mass is 294 g/mol. The smallest absolute Gasteiger partial charge is 0.311 e. The second kappa shape index (κ2) is 6.53. The van der Waals surface area contributed by atoms with Gasteiger partial charge >= 0.3 is 5.69 Å². The summed E-state index contributed by atoms with van der Waals surface area (Å²) in [5.41, 5.74) is -0.583. The highest BCUT2D eigenvalue weighted by Gasteiger charge is 2.30. The van der Waals surface area contributed by atoms with Crippen LogP contribution < -0.4 is 0 Å². The highest BCUT2D eigenvalue weighted by Crippen LogP contribution is 2.32. The van der Waals surface area contributed by atoms with Gasteiger partial charge in [0.05, 0.1) is 17.1 Å². The molecule has 1 fully saturated rings. The molecule has 1 aromatic rings. The SMILES string of the molecule is O=C(c1cccc([N+](=O)[O-])c1O)N(CCO)C1CCCC1. The molecule has 1 aliphatic carbocycles. The highest BCUT2D eigenvalue weighted by molar-refractivity contribution is 5.98. The third-order valence-electron chi connectivity index (χ3n) is 3.81. The van der Waals surface area contributed by atoms with Gasteiger partial charge in [-0.2, -0.15) is 0 Å². The van der Waals surface area contributed by atoms with Crippen molar-refractivity contribution in [3.8, 4) is 5.75 Å². The molecule has 0 saturated heterocycles. The number of hydrogen-bond acceptors (Lipinski definition) is 5. The molecule has 0 aliphatic heterocycles. The van der Waals surface area contributed by atoms with E-state index in [2.05, 4.69) is 0 Å². The van der Waals surface area contributed by atoms with E-state index in [-0.39, 0.29) is 24.8 Å². The summed E-state index contributed by atoms with van der Waals surface area (Å²) in [5.74, 6) is -1.09. The Morgan fingerprint density at radius 2 is 2.05 bits per heavy atom. The van der Waals surface area contributed by atoms with E-state index in [9.17, 15) is 20.0 Å². The van der Waals surface area contributed by atoms with Crippen LogP contribution in [-0.2, 0) is 0 Å². The van der Waals surface area contributed by atoms with Crippen molar-refractivity contribution < 1.29 is 19.9 Å². The Bertz CT molecular complexity index is 540. The van der Waals surface area contributed by atoms with E-state index in [1.165, 1.54) is 17.0 Å². The molecule has 0 aromatic heterocycles. The summed E-state index contributed by atoms with van der Waals surface area (Å²) in [6.07, 6.45) is 3.73. The highest BCUT2D eigenvalue weighted by atomic mass is 16.6. The lowest BCUT2D eigenvalue weighted by atomic mass is 10.1. The number of aromatic hydroxyl groups is 1. The largest absolute Gasteiger partial charge is 0.502 e. The van der Waals surface area contributed by atoms with Crippen molar-refractivity contribution in [2.75, 3.05) is 13.2 Å². The molecule has 1 aliphatic rings. The number of phenolic OH excluding ortho intramolecular Hbond substituents is 1. The Labute approximate surface area is 122 Å². The molecule has 0 unspecified atom stereocenters. The summed E-state index contributed by atoms with van der Waals surface area (Å²) >= 11 is 0. The van der Waals surface area contributed by atoms with Gasteiger partial charge in [0.2, 0.25) is 5.75 Å². The minimum atomic E-state index is -0.724. The molecule has 1 saturated carbocycles. The molecule has 21 heavy (non-hydrogen) atoms. The molecule has 0 heterocycles. The molecule has 0 radical (unpaired) electrons. The molecule has 7 nitrogen and oxygen atoms in total. The van der Waals surface area contributed by atoms with Crippen LogP contribution in [0.1, 0.15) is 36.0 Å². The number of aliphatic hydroxyl groups is 1. The van der Waals surface area contributed by atoms with Gasteiger partial charge in [-0.05, 0) is 18.9 Å². The standard InChI is InChI=1S/C14H18N2O5/c17-9-8-15(10-4-1-2-5-10)14(19)11-6-3-7-12(13(11)18)16(20)21/h3,6-7,10,17-18H,1-2,4-5,8-9H2. The Kier molecular flexibility index (Phi) is 4.74. The minimum Gasteiger partial charge on any atom is -0.502 e. The van der Waals surface area contributed by atoms with Crippen molar-refractivity contribution in [2.45, 2.75) is 31.7 Å². The minimum absolute atomic E-state index is 0.0170. The maximum absolute atomic E-state index is 12.5. The maximum Gasteiger partial charge on any atom is 0.311 e. The van der Waals surface area contributed by atoms with Crippen LogP contribution in [-0.4, -0.2) is 45.1 Å². The molecule has 114 valence electrons. The van der Waals surface area contributed by atoms with Crippen LogP contribution in [0.15, 0.2) is 18.2 Å². The summed E-state index contributed by atoms with van der Waals surface area (Å²) in [6.45, 7) is -0.0242. The van der Waals surface area contributed by atoms with Crippen molar-refractivity contribution in [3.05, 3.63) is 33.9 Å². The van der Waals surface area contributed by atoms with Gasteiger partial charge in [0.15, 0.2) is 0 Å². The number of nitrogens with zero attached hydrogens (tertiary/aromatic N) is 2. The molecular formula is C14H18N2O5. The van der Waals surface area contributed by atoms with Crippen LogP contribution >= 0.6 is 0 Å². The summed E-state index contributed by atoms with van der Waals surface area (Å²) in [5, 5.41) is 29.9. The first-order chi connectivity index (χ1) is 10.1. The number of phenols is 1. The molecular weight excluding hydrogens is 276 g/mol. The molecule has 0 atom stereocenters. The van der Waals surface area contributed by atoms with E-state index in [4.69, 9.17) is 5.11 Å². The fourth-order valence-electron chi connectivity index (χ4n) is 2.78. The zero-order chi connectivity index (χ0) is 15.4. The third kappa shape index (κ3) is 3.13. The Balaban J connectivity index is 2.32. The second-order valence-corrected chi connectivity index (χ2v) is 5.09. The number of nitro benzene ring substituents is 1. The molecule has 7 heteroatoms. The topological polar surface area (TPSA) is 104 Å². The van der Waals surface area contributed by atoms with Gasteiger partial charge in [0.1, 0.15) is 0 Å². The van der Waals surface area contributed by atoms with Gasteiger partial charge in [-0.1, -0.05) is 18.9 Å². The van der Waals surface area contributed by atoms with Crippen molar-refractivity contribution in [2.24, 2.45) is 0 Å². The first-order valence-corrected chi connectivity index (χ1v) is 6.94. The molecule has 1 amide bonds. The zero-order valence-corrected chi connectivity index (χ0v) is 11.6. The van der Waals surface area contributed by atoms with Crippen molar-refractivity contribution in [1.82, 2.24) is 4.90 Å². The summed E-state index contributed by atoms with van der Waals surface area (Å²) in [7, 11) is 0. The fraction of sp³-hybridized carbons (Fsp3) is 0.500. The molecule has 1 aromatic carbocycles. The number of nitro groups is 1. The first-order valence-electron chi connectivity index (χ1n) is 6.94. The number of rotatable bonds is 5. The normalized spacial score (nSPS) is 15.1. The lowest BCUT2D eigenvalue weighted by Crippen LogP contribution is -2.40. The van der Waals surface area contributed by atoms with Gasteiger partial charge in [-0.15, -0.1) is 0 Å². The average Bonchev–Trinajstić information content (AvgIpc) is 2.98. The van der Waals surface area contributed by atoms with Crippen LogP contribution in [0.5, 0.6) is 5.75 Å². The van der Waals surface area contributed by atoms with E-state index in [1.54, 1.807) is 0 Å². The van der Waals surface area contributed by atoms with Gasteiger partial charge in [0, 0.05) is 18.7 Å². The van der Waals surface area contributed by atoms with Crippen molar-refractivity contribution in [3.63, 3.8) is 0 Å². The van der Waals surface area contributed by atoms with E-state index in [0.717, 1.165) is 31.7 Å². The van der Waals surface area contributed by atoms with E-state index in [1.807, 2.05) is 0 Å². The average molecular weight is 294 g/mol. The lowest BCUT2D eigenvalue weighted by molar-refractivity contribution is -0.385. The fourth-order valence-corrected chi connectivity index (χ4v) is 2.78. The van der Waals surface area contributed by atoms with Crippen LogP contribution in [0.2, 0.25) is 0 Å². The van der Waals surface area contributed by atoms with E-state index >= 15 is 0 Å². The Morgan fingerprint density at radius 3 is 2.62 bits per heavy atom. The van der Waals surface area contributed by atoms with Gasteiger partial charge < -0.3 is 15.1 Å². The van der Waals surface area contributed by atoms with Crippen LogP contribution in [0.4, 0.5) is 5.69 Å². The number of hydrogen-bond donors (Lipinski definition) is 2. The Hall–Kier alpha value is -2.15. The Morgan fingerprint density at radius 1 is 1.38 bits per heavy atom. The van der Waals surface area contributed by atoms with E-state index in [0.29, 0.717) is 0 Å².